The first-order valence-corrected chi connectivity index (χ1v) is 7.61. The van der Waals surface area contributed by atoms with Gasteiger partial charge in [-0.1, -0.05) is 26.7 Å². The largest absolute Gasteiger partial charge is 0.352 e. The second-order valence-electron chi connectivity index (χ2n) is 5.99. The van der Waals surface area contributed by atoms with E-state index in [9.17, 15) is 9.59 Å². The van der Waals surface area contributed by atoms with E-state index in [1.165, 1.54) is 6.20 Å². The summed E-state index contributed by atoms with van der Waals surface area (Å²) in [4.78, 5) is 28.2. The summed E-state index contributed by atoms with van der Waals surface area (Å²) in [6, 6.07) is 3.43. The van der Waals surface area contributed by atoms with Crippen LogP contribution in [0.15, 0.2) is 18.3 Å². The minimum Gasteiger partial charge on any atom is -0.352 e. The van der Waals surface area contributed by atoms with Crippen molar-refractivity contribution >= 4 is 11.8 Å². The second kappa shape index (κ2) is 7.20. The summed E-state index contributed by atoms with van der Waals surface area (Å²) >= 11 is 0. The maximum absolute atomic E-state index is 12.1. The Bertz CT molecular complexity index is 508. The fourth-order valence-electron chi connectivity index (χ4n) is 2.42. The van der Waals surface area contributed by atoms with Crippen LogP contribution in [0.25, 0.3) is 0 Å². The molecule has 0 saturated heterocycles. The fourth-order valence-corrected chi connectivity index (χ4v) is 2.42. The average molecular weight is 289 g/mol. The number of aromatic nitrogens is 1. The predicted molar refractivity (Wildman–Crippen MR) is 81.1 cm³/mol. The first kappa shape index (κ1) is 15.5. The Balaban J connectivity index is 1.99. The molecule has 5 nitrogen and oxygen atoms in total. The van der Waals surface area contributed by atoms with Gasteiger partial charge >= 0.3 is 0 Å². The molecule has 0 unspecified atom stereocenters. The normalized spacial score (nSPS) is 15.2. The molecule has 0 atom stereocenters. The molecule has 2 N–H and O–H groups in total. The molecule has 0 radical (unpaired) electrons. The predicted octanol–water partition coefficient (Wildman–Crippen LogP) is 2.14. The molecule has 2 amide bonds. The first-order chi connectivity index (χ1) is 10.1. The Morgan fingerprint density at radius 3 is 2.67 bits per heavy atom. The standard InChI is InChI=1S/C16H23N3O2/c1-11(2)10-18-15(20)12-7-8-17-14(9-12)16(21)19-13-5-3-4-6-13/h7-9,11,13H,3-6,10H2,1-2H3,(H,18,20)(H,19,21). The van der Waals surface area contributed by atoms with Crippen LogP contribution in [-0.4, -0.2) is 29.4 Å². The number of hydrogen-bond donors (Lipinski definition) is 2. The van der Waals surface area contributed by atoms with Gasteiger partial charge in [0.15, 0.2) is 0 Å². The molecular formula is C16H23N3O2. The van der Waals surface area contributed by atoms with E-state index in [0.717, 1.165) is 25.7 Å². The lowest BCUT2D eigenvalue weighted by molar-refractivity contribution is 0.0933. The zero-order valence-corrected chi connectivity index (χ0v) is 12.7. The third-order valence-corrected chi connectivity index (χ3v) is 3.62. The lowest BCUT2D eigenvalue weighted by Crippen LogP contribution is -2.33. The van der Waals surface area contributed by atoms with Crippen LogP contribution < -0.4 is 10.6 Å². The van der Waals surface area contributed by atoms with E-state index in [1.807, 2.05) is 13.8 Å². The summed E-state index contributed by atoms with van der Waals surface area (Å²) in [6.45, 7) is 4.69. The summed E-state index contributed by atoms with van der Waals surface area (Å²) in [7, 11) is 0. The maximum Gasteiger partial charge on any atom is 0.270 e. The van der Waals surface area contributed by atoms with E-state index >= 15 is 0 Å². The molecule has 0 aromatic carbocycles. The molecule has 1 saturated carbocycles. The van der Waals surface area contributed by atoms with Gasteiger partial charge in [-0.3, -0.25) is 14.6 Å². The van der Waals surface area contributed by atoms with Gasteiger partial charge in [0.25, 0.3) is 11.8 Å². The van der Waals surface area contributed by atoms with E-state index in [-0.39, 0.29) is 17.9 Å². The molecule has 0 bridgehead atoms. The van der Waals surface area contributed by atoms with Gasteiger partial charge in [0.05, 0.1) is 0 Å². The van der Waals surface area contributed by atoms with Crippen molar-refractivity contribution in [2.45, 2.75) is 45.6 Å². The van der Waals surface area contributed by atoms with Gasteiger partial charge in [-0.25, -0.2) is 0 Å². The van der Waals surface area contributed by atoms with Crippen molar-refractivity contribution in [2.75, 3.05) is 6.54 Å². The molecule has 5 heteroatoms. The molecule has 2 rings (SSSR count). The van der Waals surface area contributed by atoms with Crippen molar-refractivity contribution in [3.8, 4) is 0 Å². The van der Waals surface area contributed by atoms with Gasteiger partial charge < -0.3 is 10.6 Å². The van der Waals surface area contributed by atoms with Crippen molar-refractivity contribution in [1.82, 2.24) is 15.6 Å². The van der Waals surface area contributed by atoms with Gasteiger partial charge in [0, 0.05) is 24.3 Å². The zero-order chi connectivity index (χ0) is 15.2. The molecule has 0 spiro atoms. The van der Waals surface area contributed by atoms with Crippen LogP contribution >= 0.6 is 0 Å². The minimum atomic E-state index is -0.194. The number of carbonyl (C=O) groups excluding carboxylic acids is 2. The van der Waals surface area contributed by atoms with E-state index in [4.69, 9.17) is 0 Å². The van der Waals surface area contributed by atoms with Crippen LogP contribution in [0.1, 0.15) is 60.4 Å². The van der Waals surface area contributed by atoms with Crippen LogP contribution in [0, 0.1) is 5.92 Å². The molecular weight excluding hydrogens is 266 g/mol. The van der Waals surface area contributed by atoms with Crippen LogP contribution in [0.4, 0.5) is 0 Å². The highest BCUT2D eigenvalue weighted by molar-refractivity contribution is 5.98. The number of hydrogen-bond acceptors (Lipinski definition) is 3. The van der Waals surface area contributed by atoms with Crippen LogP contribution in [0.3, 0.4) is 0 Å². The Labute approximate surface area is 125 Å². The highest BCUT2D eigenvalue weighted by atomic mass is 16.2. The summed E-state index contributed by atoms with van der Waals surface area (Å²) < 4.78 is 0. The van der Waals surface area contributed by atoms with Crippen LogP contribution in [-0.2, 0) is 0 Å². The summed E-state index contributed by atoms with van der Waals surface area (Å²) in [5.41, 5.74) is 0.779. The molecule has 1 aliphatic rings. The Hall–Kier alpha value is -1.91. The molecule has 21 heavy (non-hydrogen) atoms. The minimum absolute atomic E-state index is 0.166. The highest BCUT2D eigenvalue weighted by Crippen LogP contribution is 2.18. The quantitative estimate of drug-likeness (QED) is 0.872. The van der Waals surface area contributed by atoms with Crippen LogP contribution in [0.5, 0.6) is 0 Å². The van der Waals surface area contributed by atoms with Crippen LogP contribution in [0.2, 0.25) is 0 Å². The van der Waals surface area contributed by atoms with E-state index in [1.54, 1.807) is 12.1 Å². The van der Waals surface area contributed by atoms with Gasteiger partial charge in [0.1, 0.15) is 5.69 Å². The molecule has 0 aliphatic heterocycles. The molecule has 1 aliphatic carbocycles. The monoisotopic (exact) mass is 289 g/mol. The molecule has 1 fully saturated rings. The average Bonchev–Trinajstić information content (AvgIpc) is 2.97. The van der Waals surface area contributed by atoms with Crippen molar-refractivity contribution in [1.29, 1.82) is 0 Å². The number of nitrogens with zero attached hydrogens (tertiary/aromatic N) is 1. The topological polar surface area (TPSA) is 71.1 Å². The lowest BCUT2D eigenvalue weighted by Gasteiger charge is -2.12. The van der Waals surface area contributed by atoms with E-state index < -0.39 is 0 Å². The third kappa shape index (κ3) is 4.55. The number of carbonyl (C=O) groups is 2. The number of nitrogens with one attached hydrogen (secondary N) is 2. The fraction of sp³-hybridized carbons (Fsp3) is 0.562. The Kier molecular flexibility index (Phi) is 5.31. The number of rotatable bonds is 5. The number of pyridine rings is 1. The third-order valence-electron chi connectivity index (χ3n) is 3.62. The van der Waals surface area contributed by atoms with Gasteiger partial charge in [-0.05, 0) is 30.9 Å². The molecule has 1 aromatic rings. The van der Waals surface area contributed by atoms with Crippen molar-refractivity contribution in [2.24, 2.45) is 5.92 Å². The summed E-state index contributed by atoms with van der Waals surface area (Å²) in [6.07, 6.45) is 5.89. The molecule has 1 aromatic heterocycles. The second-order valence-corrected chi connectivity index (χ2v) is 5.99. The first-order valence-electron chi connectivity index (χ1n) is 7.61. The van der Waals surface area contributed by atoms with Gasteiger partial charge in [-0.15, -0.1) is 0 Å². The van der Waals surface area contributed by atoms with Crippen molar-refractivity contribution < 1.29 is 9.59 Å². The Morgan fingerprint density at radius 1 is 1.29 bits per heavy atom. The smallest absolute Gasteiger partial charge is 0.270 e. The van der Waals surface area contributed by atoms with Gasteiger partial charge in [-0.2, -0.15) is 0 Å². The van der Waals surface area contributed by atoms with E-state index in [2.05, 4.69) is 15.6 Å². The SMILES string of the molecule is CC(C)CNC(=O)c1ccnc(C(=O)NC2CCCC2)c1. The lowest BCUT2D eigenvalue weighted by atomic mass is 10.1. The summed E-state index contributed by atoms with van der Waals surface area (Å²) in [5, 5.41) is 5.82. The molecule has 1 heterocycles. The van der Waals surface area contributed by atoms with Gasteiger partial charge in [0.2, 0.25) is 0 Å². The Morgan fingerprint density at radius 2 is 2.00 bits per heavy atom. The maximum atomic E-state index is 12.1. The highest BCUT2D eigenvalue weighted by Gasteiger charge is 2.19. The van der Waals surface area contributed by atoms with Crippen molar-refractivity contribution in [3.05, 3.63) is 29.6 Å². The van der Waals surface area contributed by atoms with Crippen molar-refractivity contribution in [3.63, 3.8) is 0 Å². The van der Waals surface area contributed by atoms with E-state index in [0.29, 0.717) is 23.7 Å². The zero-order valence-electron chi connectivity index (χ0n) is 12.7. The summed E-state index contributed by atoms with van der Waals surface area (Å²) in [5.74, 6) is 0.0300. The number of amides is 2. The molecule has 114 valence electrons.